The van der Waals surface area contributed by atoms with E-state index in [9.17, 15) is 20.1 Å². The SMILES string of the molecule is CCCCCCO[C@H](O)C[C@H]1CC[C@](CNC)(Oc2cc3cc(c2O)NC(=NC)NCSSC[C@H]2CCC[C@]2(Cc2ccc(O)c(OC)c2)C(=O)/C=C/[C@H](CC[C@H](CC)CC=O)C32CCCC2)C1. The minimum Gasteiger partial charge on any atom is -0.504 e. The molecule has 3 aliphatic carbocycles. The molecule has 2 aromatic rings. The van der Waals surface area contributed by atoms with Gasteiger partial charge < -0.3 is 50.3 Å². The molecule has 0 unspecified atom stereocenters. The first-order valence-corrected chi connectivity index (χ1v) is 28.2. The second-order valence-electron chi connectivity index (χ2n) is 20.2. The maximum atomic E-state index is 15.3. The Morgan fingerprint density at radius 2 is 1.84 bits per heavy atom. The Morgan fingerprint density at radius 1 is 1.01 bits per heavy atom. The summed E-state index contributed by atoms with van der Waals surface area (Å²) in [5.41, 5.74) is 0.853. The molecule has 0 radical (unpaired) electrons. The second-order valence-corrected chi connectivity index (χ2v) is 22.7. The number of allylic oxidation sites excluding steroid dienone is 2. The molecule has 14 heteroatoms. The number of rotatable bonds is 21. The number of methoxy groups -OCH3 is 1. The molecule has 378 valence electrons. The first-order valence-electron chi connectivity index (χ1n) is 25.7. The first kappa shape index (κ1) is 53.9. The molecule has 0 saturated heterocycles. The summed E-state index contributed by atoms with van der Waals surface area (Å²) in [6.45, 7) is 5.45. The van der Waals surface area contributed by atoms with Crippen molar-refractivity contribution in [1.29, 1.82) is 0 Å². The minimum atomic E-state index is -0.830. The van der Waals surface area contributed by atoms with Gasteiger partial charge in [-0.25, -0.2) is 0 Å². The number of ether oxygens (including phenoxy) is 3. The number of phenols is 2. The molecule has 12 nitrogen and oxygen atoms in total. The molecule has 6 N–H and O–H groups in total. The fourth-order valence-corrected chi connectivity index (χ4v) is 14.3. The highest BCUT2D eigenvalue weighted by Gasteiger charge is 2.49. The van der Waals surface area contributed by atoms with Crippen LogP contribution in [0.1, 0.15) is 147 Å². The van der Waals surface area contributed by atoms with Gasteiger partial charge in [0.15, 0.2) is 41.0 Å². The van der Waals surface area contributed by atoms with Crippen molar-refractivity contribution in [3.8, 4) is 23.0 Å². The number of ketones is 1. The molecule has 7 atom stereocenters. The van der Waals surface area contributed by atoms with Crippen molar-refractivity contribution in [2.75, 3.05) is 51.3 Å². The third kappa shape index (κ3) is 13.5. The van der Waals surface area contributed by atoms with Crippen LogP contribution in [0.25, 0.3) is 0 Å². The monoisotopic (exact) mass is 979 g/mol. The van der Waals surface area contributed by atoms with E-state index < -0.39 is 22.7 Å². The summed E-state index contributed by atoms with van der Waals surface area (Å²) in [5.74, 6) is 3.42. The van der Waals surface area contributed by atoms with Crippen LogP contribution in [-0.2, 0) is 26.2 Å². The maximum Gasteiger partial charge on any atom is 0.196 e. The molecule has 1 aliphatic heterocycles. The molecule has 3 fully saturated rings. The lowest BCUT2D eigenvalue weighted by atomic mass is 9.65. The lowest BCUT2D eigenvalue weighted by molar-refractivity contribution is -0.125. The molecular formula is C54H82N4O8S2. The summed E-state index contributed by atoms with van der Waals surface area (Å²) < 4.78 is 18.6. The van der Waals surface area contributed by atoms with E-state index in [1.807, 2.05) is 25.3 Å². The fourth-order valence-electron chi connectivity index (χ4n) is 12.1. The highest BCUT2D eigenvalue weighted by atomic mass is 33.1. The zero-order valence-corrected chi connectivity index (χ0v) is 43.3. The number of carbonyl (C=O) groups is 2. The molecular weight excluding hydrogens is 897 g/mol. The summed E-state index contributed by atoms with van der Waals surface area (Å²) in [7, 11) is 8.66. The molecule has 68 heavy (non-hydrogen) atoms. The summed E-state index contributed by atoms with van der Waals surface area (Å²) in [6.07, 6.45) is 21.6. The summed E-state index contributed by atoms with van der Waals surface area (Å²) in [5, 5.41) is 44.1. The smallest absolute Gasteiger partial charge is 0.196 e. The average Bonchev–Trinajstić information content (AvgIpc) is 4.09. The Labute approximate surface area is 414 Å². The van der Waals surface area contributed by atoms with E-state index in [-0.39, 0.29) is 41.0 Å². The van der Waals surface area contributed by atoms with Gasteiger partial charge in [0.25, 0.3) is 0 Å². The number of benzene rings is 2. The zero-order chi connectivity index (χ0) is 48.6. The molecule has 6 rings (SSSR count). The molecule has 1 spiro atoms. The summed E-state index contributed by atoms with van der Waals surface area (Å²) in [4.78, 5) is 31.8. The fraction of sp³-hybridized carbons (Fsp3) is 0.685. The minimum absolute atomic E-state index is 0.0131. The number of aliphatic hydroxyl groups excluding tert-OH is 1. The number of nitrogens with one attached hydrogen (secondary N) is 3. The normalized spacial score (nSPS) is 27.2. The van der Waals surface area contributed by atoms with Gasteiger partial charge in [0.05, 0.1) is 18.7 Å². The number of aldehydes is 1. The molecule has 4 aliphatic rings. The highest BCUT2D eigenvalue weighted by molar-refractivity contribution is 8.76. The number of carbonyl (C=O) groups excluding carboxylic acids is 2. The predicted octanol–water partition coefficient (Wildman–Crippen LogP) is 10.9. The van der Waals surface area contributed by atoms with Crippen molar-refractivity contribution >= 4 is 45.3 Å². The van der Waals surface area contributed by atoms with Gasteiger partial charge in [-0.1, -0.05) is 92.5 Å². The third-order valence-electron chi connectivity index (χ3n) is 15.9. The van der Waals surface area contributed by atoms with Gasteiger partial charge in [-0.2, -0.15) is 0 Å². The van der Waals surface area contributed by atoms with Crippen LogP contribution in [0.2, 0.25) is 0 Å². The van der Waals surface area contributed by atoms with Crippen molar-refractivity contribution in [2.24, 2.45) is 34.1 Å². The Hall–Kier alpha value is -3.43. The number of hydrogen-bond donors (Lipinski definition) is 6. The van der Waals surface area contributed by atoms with Crippen LogP contribution in [0, 0.1) is 29.1 Å². The number of anilines is 1. The van der Waals surface area contributed by atoms with E-state index in [0.717, 1.165) is 126 Å². The molecule has 3 saturated carbocycles. The molecule has 0 aromatic heterocycles. The maximum absolute atomic E-state index is 15.3. The molecule has 0 amide bonds. The van der Waals surface area contributed by atoms with Crippen LogP contribution < -0.4 is 25.4 Å². The number of aromatic hydroxyl groups is 2. The number of hydrogen-bond acceptors (Lipinski definition) is 12. The van der Waals surface area contributed by atoms with Crippen LogP contribution in [0.3, 0.4) is 0 Å². The second kappa shape index (κ2) is 26.1. The van der Waals surface area contributed by atoms with Gasteiger partial charge in [0, 0.05) is 49.6 Å². The van der Waals surface area contributed by atoms with Crippen LogP contribution >= 0.6 is 21.6 Å². The van der Waals surface area contributed by atoms with E-state index in [1.165, 1.54) is 0 Å². The topological polar surface area (TPSA) is 171 Å². The van der Waals surface area contributed by atoms with Gasteiger partial charge in [0.1, 0.15) is 11.9 Å². The van der Waals surface area contributed by atoms with E-state index >= 15 is 4.79 Å². The Morgan fingerprint density at radius 3 is 2.57 bits per heavy atom. The number of unbranched alkanes of at least 4 members (excludes halogenated alkanes) is 3. The van der Waals surface area contributed by atoms with Gasteiger partial charge in [0.2, 0.25) is 0 Å². The lowest BCUT2D eigenvalue weighted by Gasteiger charge is -2.39. The molecule has 1 heterocycles. The number of fused-ring (bicyclic) bond motifs is 4. The quantitative estimate of drug-likeness (QED) is 0.0230. The average molecular weight is 979 g/mol. The number of nitrogens with zero attached hydrogens (tertiary/aromatic N) is 1. The van der Waals surface area contributed by atoms with Crippen LogP contribution in [0.15, 0.2) is 47.5 Å². The Bertz CT molecular complexity index is 2000. The van der Waals surface area contributed by atoms with Crippen LogP contribution in [0.4, 0.5) is 5.69 Å². The standard InChI is InChI=1S/C54H82N4O8S2/c1-6-8-9-12-28-65-49(62)30-40-21-26-52(33-40,36-55-3)66-47-32-43-31-44(50(47)63)58-51(56-4)57-37-68-67-35-42-14-13-25-54(42,34-39-16-19-45(60)46(29-39)64-5)48(61)20-18-41(53(43)23-10-11-24-53)17-15-38(7-2)22-27-59/h16,18-20,27,29,31-32,38,40-42,49,55,60,62-63H,6-15,17,21-26,28,30,33-37H2,1-5H3,(H2,56,57,58)/b20-18+/t38-,40+,41-,42+,49-,52-,54+/m0/s1. The highest BCUT2D eigenvalue weighted by Crippen LogP contribution is 2.55. The zero-order valence-electron chi connectivity index (χ0n) is 41.6. The van der Waals surface area contributed by atoms with Gasteiger partial charge in [-0.15, -0.1) is 0 Å². The predicted molar refractivity (Wildman–Crippen MR) is 278 cm³/mol. The number of likely N-dealkylation sites (N-methyl/N-ethyl adjacent to an activating group) is 1. The van der Waals surface area contributed by atoms with Crippen molar-refractivity contribution < 1.29 is 39.1 Å². The van der Waals surface area contributed by atoms with Crippen molar-refractivity contribution in [3.63, 3.8) is 0 Å². The number of guanidine groups is 1. The number of aliphatic imine (C=N–C) groups is 1. The number of aliphatic hydroxyl groups is 1. The third-order valence-corrected chi connectivity index (χ3v) is 18.1. The van der Waals surface area contributed by atoms with Crippen LogP contribution in [0.5, 0.6) is 23.0 Å². The molecule has 2 bridgehead atoms. The Kier molecular flexibility index (Phi) is 20.7. The lowest BCUT2D eigenvalue weighted by Crippen LogP contribution is -2.43. The van der Waals surface area contributed by atoms with E-state index in [1.54, 1.807) is 41.8 Å². The summed E-state index contributed by atoms with van der Waals surface area (Å²) >= 11 is 0. The molecule has 2 aromatic carbocycles. The van der Waals surface area contributed by atoms with E-state index in [0.29, 0.717) is 67.9 Å². The summed E-state index contributed by atoms with van der Waals surface area (Å²) in [6, 6.07) is 9.61. The van der Waals surface area contributed by atoms with Crippen molar-refractivity contribution in [2.45, 2.75) is 160 Å². The van der Waals surface area contributed by atoms with E-state index in [2.05, 4.69) is 53.0 Å². The van der Waals surface area contributed by atoms with Crippen molar-refractivity contribution in [3.05, 3.63) is 53.6 Å². The largest absolute Gasteiger partial charge is 0.504 e. The van der Waals surface area contributed by atoms with E-state index in [4.69, 9.17) is 14.2 Å². The first-order chi connectivity index (χ1) is 33.0. The Balaban J connectivity index is 1.42. The van der Waals surface area contributed by atoms with Crippen molar-refractivity contribution in [1.82, 2.24) is 10.6 Å². The van der Waals surface area contributed by atoms with Gasteiger partial charge in [-0.3, -0.25) is 9.79 Å². The van der Waals surface area contributed by atoms with Gasteiger partial charge in [-0.05, 0) is 143 Å². The number of phenolic OH excluding ortho intramolecular Hbond substituents is 2. The van der Waals surface area contributed by atoms with Crippen LogP contribution in [-0.4, -0.2) is 91.2 Å². The van der Waals surface area contributed by atoms with Gasteiger partial charge >= 0.3 is 0 Å².